The lowest BCUT2D eigenvalue weighted by atomic mass is 10.1. The van der Waals surface area contributed by atoms with Crippen LogP contribution in [0.1, 0.15) is 35.8 Å². The van der Waals surface area contributed by atoms with Crippen molar-refractivity contribution in [1.29, 1.82) is 0 Å². The van der Waals surface area contributed by atoms with E-state index in [0.717, 1.165) is 10.0 Å². The normalized spacial score (nSPS) is 13.6. The molecule has 0 saturated carbocycles. The third kappa shape index (κ3) is 2.74. The third-order valence-electron chi connectivity index (χ3n) is 4.25. The number of hydrogen-bond acceptors (Lipinski definition) is 4. The van der Waals surface area contributed by atoms with Gasteiger partial charge in [0.05, 0.1) is 6.54 Å². The second-order valence-electron chi connectivity index (χ2n) is 6.23. The van der Waals surface area contributed by atoms with E-state index in [4.69, 9.17) is 0 Å². The van der Waals surface area contributed by atoms with Crippen LogP contribution < -0.4 is 4.90 Å². The molecule has 6 nitrogen and oxygen atoms in total. The maximum Gasteiger partial charge on any atom is 0.260 e. The van der Waals surface area contributed by atoms with E-state index < -0.39 is 0 Å². The first-order valence-corrected chi connectivity index (χ1v) is 8.81. The fourth-order valence-electron chi connectivity index (χ4n) is 2.96. The van der Waals surface area contributed by atoms with E-state index in [-0.39, 0.29) is 11.9 Å². The zero-order chi connectivity index (χ0) is 17.6. The van der Waals surface area contributed by atoms with E-state index in [1.165, 1.54) is 0 Å². The molecule has 25 heavy (non-hydrogen) atoms. The first-order valence-electron chi connectivity index (χ1n) is 8.02. The molecule has 7 heteroatoms. The Morgan fingerprint density at radius 2 is 2.04 bits per heavy atom. The number of fused-ring (bicyclic) bond motifs is 1. The van der Waals surface area contributed by atoms with Crippen LogP contribution in [0.25, 0.3) is 11.5 Å². The number of nitrogens with zero attached hydrogens (tertiary/aromatic N) is 5. The number of anilines is 1. The summed E-state index contributed by atoms with van der Waals surface area (Å²) in [6.45, 7) is 4.65. The minimum Gasteiger partial charge on any atom is -0.310 e. The van der Waals surface area contributed by atoms with E-state index in [2.05, 4.69) is 45.0 Å². The maximum absolute atomic E-state index is 12.8. The number of amides is 1. The number of carbonyl (C=O) groups excluding carboxylic acids is 1. The third-order valence-corrected chi connectivity index (χ3v) is 4.74. The molecule has 0 fully saturated rings. The van der Waals surface area contributed by atoms with Crippen molar-refractivity contribution in [2.24, 2.45) is 0 Å². The maximum atomic E-state index is 12.8. The van der Waals surface area contributed by atoms with Gasteiger partial charge in [0.25, 0.3) is 5.91 Å². The summed E-state index contributed by atoms with van der Waals surface area (Å²) in [5.74, 6) is 1.28. The van der Waals surface area contributed by atoms with Crippen molar-refractivity contribution >= 4 is 27.7 Å². The van der Waals surface area contributed by atoms with E-state index >= 15 is 0 Å². The Labute approximate surface area is 153 Å². The van der Waals surface area contributed by atoms with Gasteiger partial charge < -0.3 is 4.57 Å². The molecule has 0 spiro atoms. The van der Waals surface area contributed by atoms with Crippen LogP contribution in [-0.2, 0) is 6.54 Å². The van der Waals surface area contributed by atoms with Gasteiger partial charge in [-0.2, -0.15) is 0 Å². The monoisotopic (exact) mass is 397 g/mol. The quantitative estimate of drug-likeness (QED) is 0.673. The number of pyridine rings is 1. The van der Waals surface area contributed by atoms with E-state index in [0.29, 0.717) is 29.4 Å². The molecule has 4 rings (SSSR count). The number of benzene rings is 1. The van der Waals surface area contributed by atoms with Crippen molar-refractivity contribution in [3.63, 3.8) is 0 Å². The zero-order valence-corrected chi connectivity index (χ0v) is 15.4. The van der Waals surface area contributed by atoms with Gasteiger partial charge >= 0.3 is 0 Å². The van der Waals surface area contributed by atoms with Crippen molar-refractivity contribution < 1.29 is 4.79 Å². The van der Waals surface area contributed by atoms with Gasteiger partial charge in [-0.05, 0) is 43.7 Å². The molecule has 2 aromatic heterocycles. The second kappa shape index (κ2) is 6.07. The van der Waals surface area contributed by atoms with Crippen LogP contribution in [0.2, 0.25) is 0 Å². The topological polar surface area (TPSA) is 63.9 Å². The summed E-state index contributed by atoms with van der Waals surface area (Å²) in [6.07, 6.45) is 1.70. The second-order valence-corrected chi connectivity index (χ2v) is 7.15. The fraction of sp³-hybridized carbons (Fsp3) is 0.222. The van der Waals surface area contributed by atoms with Gasteiger partial charge in [-0.25, -0.2) is 4.98 Å². The smallest absolute Gasteiger partial charge is 0.260 e. The van der Waals surface area contributed by atoms with Gasteiger partial charge in [-0.3, -0.25) is 9.69 Å². The van der Waals surface area contributed by atoms with Crippen LogP contribution in [-0.4, -0.2) is 25.7 Å². The molecule has 1 aliphatic heterocycles. The summed E-state index contributed by atoms with van der Waals surface area (Å²) in [7, 11) is 0. The van der Waals surface area contributed by atoms with Gasteiger partial charge in [0.2, 0.25) is 0 Å². The van der Waals surface area contributed by atoms with Crippen LogP contribution >= 0.6 is 15.9 Å². The molecule has 0 atom stereocenters. The molecule has 0 N–H and O–H groups in total. The molecule has 1 amide bonds. The Balaban J connectivity index is 1.72. The number of hydrogen-bond donors (Lipinski definition) is 0. The standard InChI is InChI=1S/C18H16BrN5O/c1-11(2)24-10-20-22-17(24)15-4-3-5-16(21-15)23-9-12-6-7-13(19)8-14(12)18(23)25/h3-8,10-11H,9H2,1-2H3. The van der Waals surface area contributed by atoms with Gasteiger partial charge in [-0.15, -0.1) is 10.2 Å². The highest BCUT2D eigenvalue weighted by Gasteiger charge is 2.29. The minimum atomic E-state index is -0.0359. The summed E-state index contributed by atoms with van der Waals surface area (Å²) in [5, 5.41) is 8.18. The fourth-order valence-corrected chi connectivity index (χ4v) is 3.32. The number of halogens is 1. The lowest BCUT2D eigenvalue weighted by molar-refractivity contribution is 0.0996. The molecule has 1 aliphatic rings. The number of carbonyl (C=O) groups is 1. The van der Waals surface area contributed by atoms with E-state index in [1.807, 2.05) is 41.0 Å². The molecule has 0 radical (unpaired) electrons. The van der Waals surface area contributed by atoms with Crippen LogP contribution in [0, 0.1) is 0 Å². The molecule has 3 aromatic rings. The Kier molecular flexibility index (Phi) is 3.88. The highest BCUT2D eigenvalue weighted by Crippen LogP contribution is 2.30. The summed E-state index contributed by atoms with van der Waals surface area (Å²) >= 11 is 3.42. The highest BCUT2D eigenvalue weighted by molar-refractivity contribution is 9.10. The lowest BCUT2D eigenvalue weighted by Gasteiger charge is -2.16. The van der Waals surface area contributed by atoms with Crippen molar-refractivity contribution in [2.45, 2.75) is 26.4 Å². The molecule has 0 saturated heterocycles. The van der Waals surface area contributed by atoms with Gasteiger partial charge in [0.1, 0.15) is 17.8 Å². The zero-order valence-electron chi connectivity index (χ0n) is 13.8. The summed E-state index contributed by atoms with van der Waals surface area (Å²) in [5.41, 5.74) is 2.42. The molecular formula is C18H16BrN5O. The molecule has 126 valence electrons. The summed E-state index contributed by atoms with van der Waals surface area (Å²) in [6, 6.07) is 11.6. The average molecular weight is 398 g/mol. The van der Waals surface area contributed by atoms with Crippen molar-refractivity contribution in [3.05, 3.63) is 58.3 Å². The van der Waals surface area contributed by atoms with Gasteiger partial charge in [0, 0.05) is 16.1 Å². The summed E-state index contributed by atoms with van der Waals surface area (Å²) < 4.78 is 2.86. The molecular weight excluding hydrogens is 382 g/mol. The predicted octanol–water partition coefficient (Wildman–Crippen LogP) is 3.84. The first kappa shape index (κ1) is 16.0. The van der Waals surface area contributed by atoms with Crippen molar-refractivity contribution in [2.75, 3.05) is 4.90 Å². The van der Waals surface area contributed by atoms with E-state index in [9.17, 15) is 4.79 Å². The van der Waals surface area contributed by atoms with Crippen LogP contribution in [0.4, 0.5) is 5.82 Å². The molecule has 0 aliphatic carbocycles. The van der Waals surface area contributed by atoms with Gasteiger partial charge in [-0.1, -0.05) is 28.1 Å². The predicted molar refractivity (Wildman–Crippen MR) is 98.3 cm³/mol. The minimum absolute atomic E-state index is 0.0359. The largest absolute Gasteiger partial charge is 0.310 e. The Morgan fingerprint density at radius 1 is 1.20 bits per heavy atom. The molecule has 0 bridgehead atoms. The first-order chi connectivity index (χ1) is 12.0. The summed E-state index contributed by atoms with van der Waals surface area (Å²) in [4.78, 5) is 19.1. The van der Waals surface area contributed by atoms with Crippen LogP contribution in [0.5, 0.6) is 0 Å². The Morgan fingerprint density at radius 3 is 2.84 bits per heavy atom. The molecule has 1 aromatic carbocycles. The van der Waals surface area contributed by atoms with Crippen LogP contribution in [0.3, 0.4) is 0 Å². The average Bonchev–Trinajstić information content (AvgIpc) is 3.21. The van der Waals surface area contributed by atoms with Crippen molar-refractivity contribution in [3.8, 4) is 11.5 Å². The van der Waals surface area contributed by atoms with Crippen molar-refractivity contribution in [1.82, 2.24) is 19.7 Å². The molecule has 3 heterocycles. The van der Waals surface area contributed by atoms with Crippen LogP contribution in [0.15, 0.2) is 47.2 Å². The molecule has 0 unspecified atom stereocenters. The number of rotatable bonds is 3. The SMILES string of the molecule is CC(C)n1cnnc1-c1cccc(N2Cc3ccc(Br)cc3C2=O)n1. The number of aromatic nitrogens is 4. The van der Waals surface area contributed by atoms with Gasteiger partial charge in [0.15, 0.2) is 5.82 Å². The Hall–Kier alpha value is -2.54. The Bertz CT molecular complexity index is 966. The highest BCUT2D eigenvalue weighted by atomic mass is 79.9. The lowest BCUT2D eigenvalue weighted by Crippen LogP contribution is -2.24. The van der Waals surface area contributed by atoms with E-state index in [1.54, 1.807) is 11.2 Å².